The molecule has 0 fully saturated rings. The van der Waals surface area contributed by atoms with E-state index < -0.39 is 0 Å². The standard InChI is InChI=1S/C16H19NO2/c1-12(13-7-5-8-15(10-13)19-2)17-11-14-6-3-4-9-16(14)18/h3-10,12,17-18H,11H2,1-2H3. The topological polar surface area (TPSA) is 41.5 Å². The van der Waals surface area contributed by atoms with Gasteiger partial charge in [0.25, 0.3) is 0 Å². The minimum absolute atomic E-state index is 0.190. The summed E-state index contributed by atoms with van der Waals surface area (Å²) in [6, 6.07) is 15.5. The van der Waals surface area contributed by atoms with Crippen molar-refractivity contribution < 1.29 is 9.84 Å². The van der Waals surface area contributed by atoms with Gasteiger partial charge in [0.05, 0.1) is 7.11 Å². The highest BCUT2D eigenvalue weighted by Crippen LogP contribution is 2.20. The molecular formula is C16H19NO2. The lowest BCUT2D eigenvalue weighted by molar-refractivity contribution is 0.413. The molecule has 0 aliphatic rings. The summed E-state index contributed by atoms with van der Waals surface area (Å²) in [7, 11) is 1.67. The van der Waals surface area contributed by atoms with Crippen LogP contribution in [0.3, 0.4) is 0 Å². The Morgan fingerprint density at radius 1 is 1.16 bits per heavy atom. The van der Waals surface area contributed by atoms with Gasteiger partial charge in [-0.05, 0) is 30.7 Å². The normalized spacial score (nSPS) is 12.1. The predicted molar refractivity (Wildman–Crippen MR) is 76.4 cm³/mol. The maximum atomic E-state index is 9.72. The fourth-order valence-electron chi connectivity index (χ4n) is 1.95. The molecule has 0 aliphatic heterocycles. The molecule has 2 aromatic carbocycles. The van der Waals surface area contributed by atoms with E-state index >= 15 is 0 Å². The van der Waals surface area contributed by atoms with Gasteiger partial charge in [0.2, 0.25) is 0 Å². The van der Waals surface area contributed by atoms with Crippen LogP contribution in [0.5, 0.6) is 11.5 Å². The summed E-state index contributed by atoms with van der Waals surface area (Å²) in [5.41, 5.74) is 2.06. The van der Waals surface area contributed by atoms with Gasteiger partial charge in [0, 0.05) is 18.2 Å². The van der Waals surface area contributed by atoms with Crippen LogP contribution in [0, 0.1) is 0 Å². The molecule has 2 N–H and O–H groups in total. The van der Waals surface area contributed by atoms with Gasteiger partial charge in [0.15, 0.2) is 0 Å². The Balaban J connectivity index is 2.01. The van der Waals surface area contributed by atoms with Gasteiger partial charge in [-0.25, -0.2) is 0 Å². The third-order valence-corrected chi connectivity index (χ3v) is 3.18. The van der Waals surface area contributed by atoms with Crippen LogP contribution in [-0.4, -0.2) is 12.2 Å². The second-order valence-corrected chi connectivity index (χ2v) is 4.51. The van der Waals surface area contributed by atoms with Crippen LogP contribution in [0.25, 0.3) is 0 Å². The predicted octanol–water partition coefficient (Wildman–Crippen LogP) is 3.25. The number of aromatic hydroxyl groups is 1. The van der Waals surface area contributed by atoms with E-state index in [-0.39, 0.29) is 6.04 Å². The van der Waals surface area contributed by atoms with E-state index in [9.17, 15) is 5.11 Å². The number of phenols is 1. The molecule has 0 radical (unpaired) electrons. The molecule has 3 heteroatoms. The van der Waals surface area contributed by atoms with Crippen LogP contribution in [-0.2, 0) is 6.54 Å². The fourth-order valence-corrected chi connectivity index (χ4v) is 1.95. The Morgan fingerprint density at radius 2 is 1.95 bits per heavy atom. The maximum absolute atomic E-state index is 9.72. The molecule has 2 aromatic rings. The molecule has 2 rings (SSSR count). The number of benzene rings is 2. The van der Waals surface area contributed by atoms with Crippen molar-refractivity contribution in [1.82, 2.24) is 5.32 Å². The van der Waals surface area contributed by atoms with Crippen molar-refractivity contribution in [1.29, 1.82) is 0 Å². The quantitative estimate of drug-likeness (QED) is 0.864. The zero-order valence-electron chi connectivity index (χ0n) is 11.3. The van der Waals surface area contributed by atoms with Crippen molar-refractivity contribution in [2.75, 3.05) is 7.11 Å². The summed E-state index contributed by atoms with van der Waals surface area (Å²) >= 11 is 0. The van der Waals surface area contributed by atoms with Crippen molar-refractivity contribution >= 4 is 0 Å². The molecule has 3 nitrogen and oxygen atoms in total. The van der Waals surface area contributed by atoms with Gasteiger partial charge in [-0.3, -0.25) is 0 Å². The zero-order chi connectivity index (χ0) is 13.7. The number of nitrogens with one attached hydrogen (secondary N) is 1. The summed E-state index contributed by atoms with van der Waals surface area (Å²) in [6.45, 7) is 2.72. The van der Waals surface area contributed by atoms with E-state index in [1.165, 1.54) is 0 Å². The Labute approximate surface area is 113 Å². The number of methoxy groups -OCH3 is 1. The van der Waals surface area contributed by atoms with Crippen LogP contribution in [0.2, 0.25) is 0 Å². The van der Waals surface area contributed by atoms with E-state index in [1.54, 1.807) is 13.2 Å². The molecule has 0 saturated heterocycles. The maximum Gasteiger partial charge on any atom is 0.120 e. The SMILES string of the molecule is COc1cccc(C(C)NCc2ccccc2O)c1. The molecule has 0 aliphatic carbocycles. The summed E-state index contributed by atoms with van der Waals surface area (Å²) < 4.78 is 5.22. The minimum atomic E-state index is 0.190. The number of hydrogen-bond donors (Lipinski definition) is 2. The average Bonchev–Trinajstić information content (AvgIpc) is 2.46. The Morgan fingerprint density at radius 3 is 2.68 bits per heavy atom. The molecule has 100 valence electrons. The molecule has 0 spiro atoms. The second-order valence-electron chi connectivity index (χ2n) is 4.51. The molecule has 0 bridgehead atoms. The van der Waals surface area contributed by atoms with Crippen LogP contribution < -0.4 is 10.1 Å². The molecular weight excluding hydrogens is 238 g/mol. The number of rotatable bonds is 5. The van der Waals surface area contributed by atoms with E-state index in [4.69, 9.17) is 4.74 Å². The lowest BCUT2D eigenvalue weighted by Crippen LogP contribution is -2.18. The molecule has 0 saturated carbocycles. The third kappa shape index (κ3) is 3.48. The van der Waals surface area contributed by atoms with Crippen molar-refractivity contribution in [3.8, 4) is 11.5 Å². The molecule has 0 amide bonds. The van der Waals surface area contributed by atoms with E-state index in [1.807, 2.05) is 36.4 Å². The zero-order valence-corrected chi connectivity index (χ0v) is 11.3. The fraction of sp³-hybridized carbons (Fsp3) is 0.250. The van der Waals surface area contributed by atoms with Crippen molar-refractivity contribution in [2.24, 2.45) is 0 Å². The van der Waals surface area contributed by atoms with Crippen molar-refractivity contribution in [2.45, 2.75) is 19.5 Å². The van der Waals surface area contributed by atoms with Crippen molar-refractivity contribution in [3.05, 3.63) is 59.7 Å². The smallest absolute Gasteiger partial charge is 0.120 e. The highest BCUT2D eigenvalue weighted by molar-refractivity contribution is 5.33. The number of phenolic OH excluding ortho intramolecular Hbond substituents is 1. The summed E-state index contributed by atoms with van der Waals surface area (Å²) in [6.07, 6.45) is 0. The molecule has 19 heavy (non-hydrogen) atoms. The number of para-hydroxylation sites is 1. The van der Waals surface area contributed by atoms with Gasteiger partial charge in [-0.2, -0.15) is 0 Å². The first-order valence-electron chi connectivity index (χ1n) is 6.35. The Hall–Kier alpha value is -2.00. The highest BCUT2D eigenvalue weighted by atomic mass is 16.5. The van der Waals surface area contributed by atoms with Gasteiger partial charge in [0.1, 0.15) is 11.5 Å². The summed E-state index contributed by atoms with van der Waals surface area (Å²) in [5.74, 6) is 1.18. The van der Waals surface area contributed by atoms with Gasteiger partial charge >= 0.3 is 0 Å². The first-order valence-corrected chi connectivity index (χ1v) is 6.35. The highest BCUT2D eigenvalue weighted by Gasteiger charge is 2.07. The largest absolute Gasteiger partial charge is 0.508 e. The number of ether oxygens (including phenoxy) is 1. The van der Waals surface area contributed by atoms with Gasteiger partial charge in [-0.1, -0.05) is 30.3 Å². The van der Waals surface area contributed by atoms with Gasteiger partial charge in [-0.15, -0.1) is 0 Å². The van der Waals surface area contributed by atoms with Crippen LogP contribution in [0.1, 0.15) is 24.1 Å². The average molecular weight is 257 g/mol. The first kappa shape index (κ1) is 13.4. The monoisotopic (exact) mass is 257 g/mol. The summed E-state index contributed by atoms with van der Waals surface area (Å²) in [5, 5.41) is 13.1. The second kappa shape index (κ2) is 6.25. The van der Waals surface area contributed by atoms with E-state index in [0.29, 0.717) is 12.3 Å². The molecule has 0 heterocycles. The third-order valence-electron chi connectivity index (χ3n) is 3.18. The van der Waals surface area contributed by atoms with Gasteiger partial charge < -0.3 is 15.2 Å². The summed E-state index contributed by atoms with van der Waals surface area (Å²) in [4.78, 5) is 0. The van der Waals surface area contributed by atoms with Crippen LogP contribution >= 0.6 is 0 Å². The lowest BCUT2D eigenvalue weighted by Gasteiger charge is -2.15. The molecule has 1 atom stereocenters. The van der Waals surface area contributed by atoms with Crippen LogP contribution in [0.4, 0.5) is 0 Å². The Bertz CT molecular complexity index is 540. The first-order chi connectivity index (χ1) is 9.20. The molecule has 1 unspecified atom stereocenters. The van der Waals surface area contributed by atoms with E-state index in [2.05, 4.69) is 18.3 Å². The Kier molecular flexibility index (Phi) is 4.42. The number of hydrogen-bond acceptors (Lipinski definition) is 3. The molecule has 0 aromatic heterocycles. The van der Waals surface area contributed by atoms with Crippen LogP contribution in [0.15, 0.2) is 48.5 Å². The minimum Gasteiger partial charge on any atom is -0.508 e. The lowest BCUT2D eigenvalue weighted by atomic mass is 10.1. The van der Waals surface area contributed by atoms with Crippen molar-refractivity contribution in [3.63, 3.8) is 0 Å². The van der Waals surface area contributed by atoms with E-state index in [0.717, 1.165) is 16.9 Å².